The van der Waals surface area contributed by atoms with Crippen LogP contribution in [0.3, 0.4) is 0 Å². The van der Waals surface area contributed by atoms with Crippen molar-refractivity contribution < 1.29 is 14.3 Å². The van der Waals surface area contributed by atoms with Gasteiger partial charge < -0.3 is 15.8 Å². The Hall–Kier alpha value is -2.86. The van der Waals surface area contributed by atoms with E-state index in [1.54, 1.807) is 31.4 Å². The van der Waals surface area contributed by atoms with Gasteiger partial charge in [0.1, 0.15) is 5.75 Å². The minimum atomic E-state index is -0.497. The first-order valence-corrected chi connectivity index (χ1v) is 8.55. The van der Waals surface area contributed by atoms with Crippen molar-refractivity contribution in [1.82, 2.24) is 5.32 Å². The van der Waals surface area contributed by atoms with Crippen molar-refractivity contribution in [1.29, 1.82) is 0 Å². The van der Waals surface area contributed by atoms with Crippen molar-refractivity contribution in [2.24, 2.45) is 5.73 Å². The zero-order valence-electron chi connectivity index (χ0n) is 15.3. The van der Waals surface area contributed by atoms with Crippen LogP contribution >= 0.6 is 0 Å². The maximum absolute atomic E-state index is 12.4. The molecule has 2 atom stereocenters. The Labute approximate surface area is 153 Å². The van der Waals surface area contributed by atoms with Crippen LogP contribution in [0.2, 0.25) is 0 Å². The van der Waals surface area contributed by atoms with Crippen molar-refractivity contribution in [3.8, 4) is 5.75 Å². The van der Waals surface area contributed by atoms with E-state index in [0.717, 1.165) is 17.7 Å². The van der Waals surface area contributed by atoms with Crippen molar-refractivity contribution in [3.05, 3.63) is 59.7 Å². The second-order valence-corrected chi connectivity index (χ2v) is 6.05. The van der Waals surface area contributed by atoms with Crippen molar-refractivity contribution in [2.75, 3.05) is 12.4 Å². The molecule has 0 spiro atoms. The molecule has 2 aromatic rings. The number of ether oxygens (including phenoxy) is 1. The van der Waals surface area contributed by atoms with Crippen LogP contribution < -0.4 is 21.1 Å². The lowest BCUT2D eigenvalue weighted by molar-refractivity contribution is -0.118. The van der Waals surface area contributed by atoms with E-state index in [2.05, 4.69) is 17.6 Å². The topological polar surface area (TPSA) is 93.5 Å². The number of amides is 2. The number of nitrogens with one attached hydrogen (secondary N) is 2. The number of carbonyl (C=O) groups is 2. The van der Waals surface area contributed by atoms with Crippen molar-refractivity contribution in [2.45, 2.75) is 32.4 Å². The third-order valence-corrected chi connectivity index (χ3v) is 4.21. The van der Waals surface area contributed by atoms with E-state index in [4.69, 9.17) is 10.5 Å². The van der Waals surface area contributed by atoms with Gasteiger partial charge in [0, 0.05) is 17.3 Å². The summed E-state index contributed by atoms with van der Waals surface area (Å²) in [5.74, 6) is 0.153. The highest BCUT2D eigenvalue weighted by Gasteiger charge is 2.18. The Morgan fingerprint density at radius 2 is 1.69 bits per heavy atom. The highest BCUT2D eigenvalue weighted by atomic mass is 16.5. The number of hydrogen-bond acceptors (Lipinski definition) is 4. The molecule has 0 aliphatic rings. The molecule has 6 nitrogen and oxygen atoms in total. The number of methoxy groups -OCH3 is 1. The summed E-state index contributed by atoms with van der Waals surface area (Å²) in [5.41, 5.74) is 7.33. The Bertz CT molecular complexity index is 742. The van der Waals surface area contributed by atoms with E-state index in [1.165, 1.54) is 0 Å². The molecule has 2 amide bonds. The van der Waals surface area contributed by atoms with Gasteiger partial charge in [0.25, 0.3) is 0 Å². The highest BCUT2D eigenvalue weighted by molar-refractivity contribution is 5.96. The van der Waals surface area contributed by atoms with Gasteiger partial charge in [0.05, 0.1) is 13.2 Å². The van der Waals surface area contributed by atoms with Crippen LogP contribution in [0.25, 0.3) is 0 Å². The van der Waals surface area contributed by atoms with Gasteiger partial charge >= 0.3 is 0 Å². The molecule has 2 aromatic carbocycles. The average molecular weight is 355 g/mol. The number of carbonyl (C=O) groups excluding carboxylic acids is 2. The number of anilines is 1. The molecule has 0 radical (unpaired) electrons. The normalized spacial score (nSPS) is 12.9. The Morgan fingerprint density at radius 3 is 2.19 bits per heavy atom. The van der Waals surface area contributed by atoms with Crippen LogP contribution in [0.15, 0.2) is 48.5 Å². The second kappa shape index (κ2) is 9.01. The van der Waals surface area contributed by atoms with Gasteiger partial charge in [-0.1, -0.05) is 19.1 Å². The van der Waals surface area contributed by atoms with Gasteiger partial charge in [0.15, 0.2) is 0 Å². The third-order valence-electron chi connectivity index (χ3n) is 4.21. The predicted molar refractivity (Wildman–Crippen MR) is 102 cm³/mol. The van der Waals surface area contributed by atoms with Crippen molar-refractivity contribution >= 4 is 17.5 Å². The monoisotopic (exact) mass is 355 g/mol. The first-order valence-electron chi connectivity index (χ1n) is 8.55. The minimum absolute atomic E-state index is 0.0545. The zero-order valence-corrected chi connectivity index (χ0v) is 15.3. The van der Waals surface area contributed by atoms with Gasteiger partial charge in [-0.2, -0.15) is 0 Å². The molecule has 0 aliphatic heterocycles. The molecular formula is C20H25N3O3. The Morgan fingerprint density at radius 1 is 1.08 bits per heavy atom. The lowest BCUT2D eigenvalue weighted by Gasteiger charge is -2.22. The SMILES string of the molecule is CC[C@@H](N[C@H](C)C(=O)Nc1ccc(C(N)=O)cc1)c1ccc(OC)cc1. The summed E-state index contributed by atoms with van der Waals surface area (Å²) in [7, 11) is 1.63. The molecule has 6 heteroatoms. The second-order valence-electron chi connectivity index (χ2n) is 6.05. The summed E-state index contributed by atoms with van der Waals surface area (Å²) in [6, 6.07) is 14.0. The molecule has 0 aromatic heterocycles. The highest BCUT2D eigenvalue weighted by Crippen LogP contribution is 2.21. The summed E-state index contributed by atoms with van der Waals surface area (Å²) in [4.78, 5) is 23.5. The predicted octanol–water partition coefficient (Wildman–Crippen LogP) is 2.86. The number of benzene rings is 2. The van der Waals surface area contributed by atoms with Crippen LogP contribution in [0, 0.1) is 0 Å². The maximum atomic E-state index is 12.4. The third kappa shape index (κ3) is 5.07. The molecule has 138 valence electrons. The maximum Gasteiger partial charge on any atom is 0.248 e. The quantitative estimate of drug-likeness (QED) is 0.679. The summed E-state index contributed by atoms with van der Waals surface area (Å²) < 4.78 is 5.18. The van der Waals surface area contributed by atoms with E-state index < -0.39 is 11.9 Å². The smallest absolute Gasteiger partial charge is 0.248 e. The minimum Gasteiger partial charge on any atom is -0.497 e. The number of nitrogens with two attached hydrogens (primary N) is 1. The molecule has 0 bridgehead atoms. The number of primary amides is 1. The van der Waals surface area contributed by atoms with Gasteiger partial charge in [-0.15, -0.1) is 0 Å². The van der Waals surface area contributed by atoms with E-state index >= 15 is 0 Å². The van der Waals surface area contributed by atoms with Crippen LogP contribution in [0.1, 0.15) is 42.2 Å². The Kier molecular flexibility index (Phi) is 6.74. The van der Waals surface area contributed by atoms with Crippen LogP contribution in [-0.2, 0) is 4.79 Å². The molecule has 0 heterocycles. The summed E-state index contributed by atoms with van der Waals surface area (Å²) in [6.07, 6.45) is 0.845. The lowest BCUT2D eigenvalue weighted by atomic mass is 10.0. The van der Waals surface area contributed by atoms with Crippen LogP contribution in [0.4, 0.5) is 5.69 Å². The summed E-state index contributed by atoms with van der Waals surface area (Å²) in [6.45, 7) is 3.88. The molecule has 0 unspecified atom stereocenters. The molecule has 0 fully saturated rings. The fourth-order valence-electron chi connectivity index (χ4n) is 2.63. The number of hydrogen-bond donors (Lipinski definition) is 3. The fourth-order valence-corrected chi connectivity index (χ4v) is 2.63. The van der Waals surface area contributed by atoms with Gasteiger partial charge in [-0.25, -0.2) is 0 Å². The van der Waals surface area contributed by atoms with Gasteiger partial charge in [0.2, 0.25) is 11.8 Å². The van der Waals surface area contributed by atoms with E-state index in [1.807, 2.05) is 31.2 Å². The summed E-state index contributed by atoms with van der Waals surface area (Å²) >= 11 is 0. The van der Waals surface area contributed by atoms with Crippen LogP contribution in [0.5, 0.6) is 5.75 Å². The van der Waals surface area contributed by atoms with E-state index in [-0.39, 0.29) is 11.9 Å². The fraction of sp³-hybridized carbons (Fsp3) is 0.300. The first-order chi connectivity index (χ1) is 12.4. The van der Waals surface area contributed by atoms with E-state index in [9.17, 15) is 9.59 Å². The average Bonchev–Trinajstić information content (AvgIpc) is 2.66. The molecule has 0 saturated carbocycles. The molecule has 2 rings (SSSR count). The molecular weight excluding hydrogens is 330 g/mol. The van der Waals surface area contributed by atoms with Gasteiger partial charge in [-0.3, -0.25) is 14.9 Å². The largest absolute Gasteiger partial charge is 0.497 e. The lowest BCUT2D eigenvalue weighted by Crippen LogP contribution is -2.40. The Balaban J connectivity index is 1.98. The molecule has 26 heavy (non-hydrogen) atoms. The standard InChI is InChI=1S/C20H25N3O3/c1-4-18(14-7-11-17(26-3)12-8-14)22-13(2)20(25)23-16-9-5-15(6-10-16)19(21)24/h5-13,18,22H,4H2,1-3H3,(H2,21,24)(H,23,25)/t13-,18-/m1/s1. The first kappa shape index (κ1) is 19.5. The van der Waals surface area contributed by atoms with Crippen molar-refractivity contribution in [3.63, 3.8) is 0 Å². The summed E-state index contributed by atoms with van der Waals surface area (Å²) in [5, 5.41) is 6.18. The van der Waals surface area contributed by atoms with Crippen LogP contribution in [-0.4, -0.2) is 25.0 Å². The molecule has 4 N–H and O–H groups in total. The van der Waals surface area contributed by atoms with Gasteiger partial charge in [-0.05, 0) is 55.3 Å². The molecule has 0 aliphatic carbocycles. The zero-order chi connectivity index (χ0) is 19.1. The van der Waals surface area contributed by atoms with E-state index in [0.29, 0.717) is 11.3 Å². The number of rotatable bonds is 8. The molecule has 0 saturated heterocycles.